The second-order valence-corrected chi connectivity index (χ2v) is 8.37. The molecule has 0 spiro atoms. The molecule has 10 heteroatoms. The first kappa shape index (κ1) is 18.8. The molecule has 1 fully saturated rings. The van der Waals surface area contributed by atoms with Crippen molar-refractivity contribution < 1.29 is 9.59 Å². The molecule has 1 saturated carbocycles. The number of carbonyl (C=O) groups is 2. The summed E-state index contributed by atoms with van der Waals surface area (Å²) in [7, 11) is 0. The highest BCUT2D eigenvalue weighted by Gasteiger charge is 2.32. The average molecular weight is 395 g/mol. The molecular weight excluding hydrogens is 372 g/mol. The maximum absolute atomic E-state index is 12.5. The molecule has 8 nitrogen and oxygen atoms in total. The first-order valence-electron chi connectivity index (χ1n) is 8.85. The molecule has 2 atom stereocenters. The number of nitrogens with zero attached hydrogens (tertiary/aromatic N) is 4. The van der Waals surface area contributed by atoms with Crippen molar-refractivity contribution in [2.75, 3.05) is 10.6 Å². The second kappa shape index (κ2) is 8.63. The van der Waals surface area contributed by atoms with Crippen molar-refractivity contribution in [3.05, 3.63) is 10.0 Å². The minimum Gasteiger partial charge on any atom is -0.300 e. The standard InChI is InChI=1S/C16H22N6O2S2/c1-3-11-19-21-15(25-11)17-13(23)9-6-5-7-10(8-9)14(24)18-16-22-20-12(4-2)26-16/h9-10H,3-8H2,1-2H3,(H,17,21,23)(H,18,22,24). The fraction of sp³-hybridized carbons (Fsp3) is 0.625. The molecule has 3 rings (SSSR count). The smallest absolute Gasteiger partial charge is 0.229 e. The van der Waals surface area contributed by atoms with E-state index in [1.807, 2.05) is 13.8 Å². The molecule has 0 bridgehead atoms. The van der Waals surface area contributed by atoms with Gasteiger partial charge >= 0.3 is 0 Å². The van der Waals surface area contributed by atoms with E-state index in [2.05, 4.69) is 31.0 Å². The Labute approximate surface area is 159 Å². The monoisotopic (exact) mass is 394 g/mol. The summed E-state index contributed by atoms with van der Waals surface area (Å²) in [4.78, 5) is 25.0. The highest BCUT2D eigenvalue weighted by atomic mass is 32.1. The van der Waals surface area contributed by atoms with Crippen molar-refractivity contribution >= 4 is 44.8 Å². The van der Waals surface area contributed by atoms with Crippen LogP contribution in [-0.2, 0) is 22.4 Å². The van der Waals surface area contributed by atoms with Crippen LogP contribution in [0.2, 0.25) is 0 Å². The Hall–Kier alpha value is -1.94. The molecule has 1 aliphatic rings. The van der Waals surface area contributed by atoms with Gasteiger partial charge in [-0.05, 0) is 32.1 Å². The lowest BCUT2D eigenvalue weighted by molar-refractivity contribution is -0.124. The van der Waals surface area contributed by atoms with Gasteiger partial charge in [-0.3, -0.25) is 9.59 Å². The van der Waals surface area contributed by atoms with Gasteiger partial charge in [-0.25, -0.2) is 0 Å². The Bertz CT molecular complexity index is 712. The number of hydrogen-bond donors (Lipinski definition) is 2. The minimum atomic E-state index is -0.186. The fourth-order valence-corrected chi connectivity index (χ4v) is 4.34. The van der Waals surface area contributed by atoms with Crippen LogP contribution in [0.1, 0.15) is 49.5 Å². The number of amides is 2. The van der Waals surface area contributed by atoms with Crippen molar-refractivity contribution in [2.45, 2.75) is 52.4 Å². The molecule has 26 heavy (non-hydrogen) atoms. The van der Waals surface area contributed by atoms with Gasteiger partial charge in [0.25, 0.3) is 0 Å². The van der Waals surface area contributed by atoms with Gasteiger partial charge in [0.15, 0.2) is 0 Å². The Morgan fingerprint density at radius 1 is 0.885 bits per heavy atom. The molecule has 0 saturated heterocycles. The highest BCUT2D eigenvalue weighted by Crippen LogP contribution is 2.31. The van der Waals surface area contributed by atoms with E-state index in [1.54, 1.807) is 0 Å². The first-order valence-corrected chi connectivity index (χ1v) is 10.5. The molecule has 2 amide bonds. The maximum atomic E-state index is 12.5. The van der Waals surface area contributed by atoms with Crippen LogP contribution in [0.3, 0.4) is 0 Å². The molecule has 0 radical (unpaired) electrons. The van der Waals surface area contributed by atoms with Gasteiger partial charge in [-0.1, -0.05) is 42.9 Å². The molecule has 0 aromatic carbocycles. The van der Waals surface area contributed by atoms with Gasteiger partial charge in [0, 0.05) is 11.8 Å². The molecule has 2 aromatic rings. The van der Waals surface area contributed by atoms with Crippen LogP contribution in [0.4, 0.5) is 10.3 Å². The van der Waals surface area contributed by atoms with Gasteiger partial charge in [-0.15, -0.1) is 20.4 Å². The van der Waals surface area contributed by atoms with Gasteiger partial charge in [0.1, 0.15) is 10.0 Å². The van der Waals surface area contributed by atoms with E-state index in [4.69, 9.17) is 0 Å². The molecule has 2 aromatic heterocycles. The van der Waals surface area contributed by atoms with Crippen LogP contribution in [0.25, 0.3) is 0 Å². The van der Waals surface area contributed by atoms with E-state index >= 15 is 0 Å². The second-order valence-electron chi connectivity index (χ2n) is 6.25. The van der Waals surface area contributed by atoms with E-state index in [0.29, 0.717) is 16.7 Å². The summed E-state index contributed by atoms with van der Waals surface area (Å²) in [6, 6.07) is 0. The zero-order chi connectivity index (χ0) is 18.5. The van der Waals surface area contributed by atoms with Gasteiger partial charge < -0.3 is 10.6 Å². The minimum absolute atomic E-state index is 0.0783. The summed E-state index contributed by atoms with van der Waals surface area (Å²) in [6.45, 7) is 4.00. The third-order valence-electron chi connectivity index (χ3n) is 4.41. The Kier molecular flexibility index (Phi) is 6.25. The number of rotatable bonds is 6. The molecule has 0 aliphatic heterocycles. The summed E-state index contributed by atoms with van der Waals surface area (Å²) < 4.78 is 0. The number of carbonyl (C=O) groups excluding carboxylic acids is 2. The number of hydrogen-bond acceptors (Lipinski definition) is 8. The third kappa shape index (κ3) is 4.61. The number of anilines is 2. The number of aromatic nitrogens is 4. The lowest BCUT2D eigenvalue weighted by atomic mass is 9.80. The van der Waals surface area contributed by atoms with Gasteiger partial charge in [-0.2, -0.15) is 0 Å². The Morgan fingerprint density at radius 2 is 1.35 bits per heavy atom. The summed E-state index contributed by atoms with van der Waals surface area (Å²) in [5.74, 6) is -0.529. The largest absolute Gasteiger partial charge is 0.300 e. The maximum Gasteiger partial charge on any atom is 0.229 e. The van der Waals surface area contributed by atoms with E-state index in [0.717, 1.165) is 42.1 Å². The normalized spacial score (nSPS) is 19.9. The molecular formula is C16H22N6O2S2. The van der Waals surface area contributed by atoms with Crippen LogP contribution in [0.15, 0.2) is 0 Å². The van der Waals surface area contributed by atoms with E-state index in [-0.39, 0.29) is 23.7 Å². The summed E-state index contributed by atoms with van der Waals surface area (Å²) in [5, 5.41) is 24.5. The fourth-order valence-electron chi connectivity index (χ4n) is 2.97. The van der Waals surface area contributed by atoms with E-state index < -0.39 is 0 Å². The summed E-state index contributed by atoms with van der Waals surface area (Å²) in [5.41, 5.74) is 0. The summed E-state index contributed by atoms with van der Waals surface area (Å²) in [6.07, 6.45) is 4.55. The molecule has 1 aliphatic carbocycles. The number of nitrogens with one attached hydrogen (secondary N) is 2. The molecule has 2 heterocycles. The number of aryl methyl sites for hydroxylation is 2. The first-order chi connectivity index (χ1) is 12.6. The van der Waals surface area contributed by atoms with E-state index in [1.165, 1.54) is 22.7 Å². The van der Waals surface area contributed by atoms with Gasteiger partial charge in [0.05, 0.1) is 0 Å². The van der Waals surface area contributed by atoms with Crippen LogP contribution in [0.5, 0.6) is 0 Å². The van der Waals surface area contributed by atoms with Crippen molar-refractivity contribution in [1.29, 1.82) is 0 Å². The van der Waals surface area contributed by atoms with Crippen LogP contribution in [0, 0.1) is 11.8 Å². The van der Waals surface area contributed by atoms with Crippen molar-refractivity contribution in [3.63, 3.8) is 0 Å². The van der Waals surface area contributed by atoms with Crippen LogP contribution < -0.4 is 10.6 Å². The zero-order valence-electron chi connectivity index (χ0n) is 14.8. The lowest BCUT2D eigenvalue weighted by Gasteiger charge is -2.26. The van der Waals surface area contributed by atoms with Crippen molar-refractivity contribution in [2.24, 2.45) is 11.8 Å². The third-order valence-corrected chi connectivity index (χ3v) is 6.38. The topological polar surface area (TPSA) is 110 Å². The average Bonchev–Trinajstić information content (AvgIpc) is 3.30. The molecule has 2 unspecified atom stereocenters. The molecule has 2 N–H and O–H groups in total. The zero-order valence-corrected chi connectivity index (χ0v) is 16.5. The highest BCUT2D eigenvalue weighted by molar-refractivity contribution is 7.15. The van der Waals surface area contributed by atoms with Crippen molar-refractivity contribution in [3.8, 4) is 0 Å². The quantitative estimate of drug-likeness (QED) is 0.779. The van der Waals surface area contributed by atoms with Crippen molar-refractivity contribution in [1.82, 2.24) is 20.4 Å². The van der Waals surface area contributed by atoms with Crippen LogP contribution >= 0.6 is 22.7 Å². The van der Waals surface area contributed by atoms with E-state index in [9.17, 15) is 9.59 Å². The Balaban J connectivity index is 1.55. The predicted molar refractivity (Wildman–Crippen MR) is 101 cm³/mol. The molecule has 140 valence electrons. The van der Waals surface area contributed by atoms with Gasteiger partial charge in [0.2, 0.25) is 22.1 Å². The Morgan fingerprint density at radius 3 is 1.73 bits per heavy atom. The summed E-state index contributed by atoms with van der Waals surface area (Å²) >= 11 is 2.78. The lowest BCUT2D eigenvalue weighted by Crippen LogP contribution is -2.33. The SMILES string of the molecule is CCc1nnc(NC(=O)C2CCCC(C(=O)Nc3nnc(CC)s3)C2)s1. The predicted octanol–water partition coefficient (Wildman–Crippen LogP) is 2.90. The van der Waals surface area contributed by atoms with Crippen LogP contribution in [-0.4, -0.2) is 32.2 Å².